The van der Waals surface area contributed by atoms with Crippen molar-refractivity contribution in [3.63, 3.8) is 0 Å². The van der Waals surface area contributed by atoms with Gasteiger partial charge in [0.25, 0.3) is 5.91 Å². The number of rotatable bonds is 6. The van der Waals surface area contributed by atoms with Crippen molar-refractivity contribution in [3.05, 3.63) is 65.5 Å². The number of anilines is 1. The average Bonchev–Trinajstić information content (AvgIpc) is 2.85. The second-order valence-corrected chi connectivity index (χ2v) is 7.48. The van der Waals surface area contributed by atoms with Gasteiger partial charge in [-0.2, -0.15) is 0 Å². The number of nitrogens with zero attached hydrogens (tertiary/aromatic N) is 3. The maximum Gasteiger partial charge on any atom is 0.256 e. The van der Waals surface area contributed by atoms with Gasteiger partial charge in [0.05, 0.1) is 6.61 Å². The standard InChI is InChI=1S/C22H22N3O2S.Y/c1-16-15-17(11-12-19(16)23-4)25-20(26)22(2,3)24(21(25)28)13-8-14-27-18-9-6-5-7-10-18;/h5-7,9-12H,8,13-14H2,1-3H3;/q-1;. The Morgan fingerprint density at radius 3 is 2.52 bits per heavy atom. The summed E-state index contributed by atoms with van der Waals surface area (Å²) in [6.45, 7) is 13.9. The van der Waals surface area contributed by atoms with E-state index in [2.05, 4.69) is 10.9 Å². The first-order valence-electron chi connectivity index (χ1n) is 9.10. The van der Waals surface area contributed by atoms with Crippen molar-refractivity contribution in [1.82, 2.24) is 4.90 Å². The zero-order valence-electron chi connectivity index (χ0n) is 16.8. The van der Waals surface area contributed by atoms with Gasteiger partial charge in [0.2, 0.25) is 5.69 Å². The van der Waals surface area contributed by atoms with E-state index in [1.807, 2.05) is 56.0 Å². The number of hydrogen-bond donors (Lipinski definition) is 0. The second kappa shape index (κ2) is 9.80. The Kier molecular flexibility index (Phi) is 7.93. The monoisotopic (exact) mass is 481 g/mol. The molecular weight excluding hydrogens is 459 g/mol. The summed E-state index contributed by atoms with van der Waals surface area (Å²) in [5.41, 5.74) is 1.06. The molecule has 0 N–H and O–H groups in total. The first-order valence-corrected chi connectivity index (χ1v) is 9.51. The largest absolute Gasteiger partial charge is 0.494 e. The number of para-hydroxylation sites is 1. The number of thiocarbonyl (C=S) groups is 1. The van der Waals surface area contributed by atoms with Crippen LogP contribution in [-0.4, -0.2) is 34.6 Å². The van der Waals surface area contributed by atoms with Crippen molar-refractivity contribution in [1.29, 1.82) is 0 Å². The summed E-state index contributed by atoms with van der Waals surface area (Å²) in [5, 5.41) is 0.459. The molecule has 1 aliphatic rings. The predicted molar refractivity (Wildman–Crippen MR) is 114 cm³/mol. The van der Waals surface area contributed by atoms with Crippen LogP contribution in [0.2, 0.25) is 0 Å². The number of amides is 1. The molecule has 1 heterocycles. The third-order valence-electron chi connectivity index (χ3n) is 4.82. The Bertz CT molecular complexity index is 941. The fourth-order valence-corrected chi connectivity index (χ4v) is 3.69. The number of hydrogen-bond acceptors (Lipinski definition) is 3. The molecule has 0 spiro atoms. The smallest absolute Gasteiger partial charge is 0.256 e. The molecule has 0 unspecified atom stereocenters. The minimum absolute atomic E-state index is 0. The van der Waals surface area contributed by atoms with Crippen LogP contribution in [0.25, 0.3) is 4.85 Å². The van der Waals surface area contributed by atoms with Crippen molar-refractivity contribution in [2.24, 2.45) is 0 Å². The van der Waals surface area contributed by atoms with Crippen molar-refractivity contribution in [3.8, 4) is 5.75 Å². The van der Waals surface area contributed by atoms with Crippen molar-refractivity contribution in [2.45, 2.75) is 32.7 Å². The fourth-order valence-electron chi connectivity index (χ4n) is 3.18. The van der Waals surface area contributed by atoms with Crippen LogP contribution in [0.5, 0.6) is 5.75 Å². The summed E-state index contributed by atoms with van der Waals surface area (Å²) in [5.74, 6) is 0.737. The molecule has 0 bridgehead atoms. The van der Waals surface area contributed by atoms with Gasteiger partial charge in [-0.25, -0.2) is 4.85 Å². The van der Waals surface area contributed by atoms with Crippen LogP contribution in [0.1, 0.15) is 25.8 Å². The molecule has 1 radical (unpaired) electrons. The molecule has 0 aliphatic carbocycles. The van der Waals surface area contributed by atoms with Crippen LogP contribution in [0.4, 0.5) is 11.4 Å². The van der Waals surface area contributed by atoms with E-state index >= 15 is 0 Å². The summed E-state index contributed by atoms with van der Waals surface area (Å²) in [6.07, 6.45) is 0.735. The molecule has 2 aromatic rings. The van der Waals surface area contributed by atoms with E-state index in [4.69, 9.17) is 23.5 Å². The molecule has 0 aromatic heterocycles. The first kappa shape index (κ1) is 23.5. The molecule has 29 heavy (non-hydrogen) atoms. The average molecular weight is 481 g/mol. The van der Waals surface area contributed by atoms with Gasteiger partial charge in [0.1, 0.15) is 17.9 Å². The SMILES string of the molecule is [C-]#[N+]c1ccc(N2C(=O)C(C)(C)N(CCCOc3ccccc3)C2=S)[c-]c1C.[Y]. The molecule has 147 valence electrons. The van der Waals surface area contributed by atoms with E-state index in [1.54, 1.807) is 12.1 Å². The third kappa shape index (κ3) is 4.86. The molecule has 1 saturated heterocycles. The van der Waals surface area contributed by atoms with E-state index < -0.39 is 5.54 Å². The summed E-state index contributed by atoms with van der Waals surface area (Å²) in [4.78, 5) is 20.0. The van der Waals surface area contributed by atoms with Gasteiger partial charge in [-0.1, -0.05) is 42.4 Å². The minimum atomic E-state index is -0.746. The molecule has 1 amide bonds. The molecular formula is C22H22N3O2SY-. The minimum Gasteiger partial charge on any atom is -0.494 e. The first-order chi connectivity index (χ1) is 13.4. The molecule has 2 aromatic carbocycles. The molecule has 7 heteroatoms. The Hall–Kier alpha value is -1.81. The quantitative estimate of drug-likeness (QED) is 0.345. The summed E-state index contributed by atoms with van der Waals surface area (Å²) < 4.78 is 5.75. The van der Waals surface area contributed by atoms with Crippen LogP contribution in [-0.2, 0) is 37.5 Å². The number of ether oxygens (including phenoxy) is 1. The summed E-state index contributed by atoms with van der Waals surface area (Å²) in [7, 11) is 0. The van der Waals surface area contributed by atoms with E-state index in [0.29, 0.717) is 35.2 Å². The van der Waals surface area contributed by atoms with Gasteiger partial charge in [0, 0.05) is 39.3 Å². The molecule has 0 atom stereocenters. The van der Waals surface area contributed by atoms with Gasteiger partial charge in [-0.3, -0.25) is 9.69 Å². The van der Waals surface area contributed by atoms with Crippen LogP contribution < -0.4 is 9.64 Å². The maximum absolute atomic E-state index is 13.1. The topological polar surface area (TPSA) is 37.1 Å². The molecule has 1 fully saturated rings. The maximum atomic E-state index is 13.1. The van der Waals surface area contributed by atoms with Crippen molar-refractivity contribution < 1.29 is 42.2 Å². The number of benzene rings is 2. The van der Waals surface area contributed by atoms with Gasteiger partial charge in [-0.15, -0.1) is 12.1 Å². The summed E-state index contributed by atoms with van der Waals surface area (Å²) in [6, 6.07) is 16.2. The molecule has 5 nitrogen and oxygen atoms in total. The van der Waals surface area contributed by atoms with Gasteiger partial charge < -0.3 is 9.64 Å². The van der Waals surface area contributed by atoms with Crippen molar-refractivity contribution >= 4 is 34.6 Å². The van der Waals surface area contributed by atoms with Gasteiger partial charge >= 0.3 is 0 Å². The molecule has 3 rings (SSSR count). The van der Waals surface area contributed by atoms with Crippen LogP contribution in [0, 0.1) is 19.6 Å². The second-order valence-electron chi connectivity index (χ2n) is 7.11. The zero-order chi connectivity index (χ0) is 20.3. The number of carbonyl (C=O) groups excluding carboxylic acids is 1. The molecule has 0 saturated carbocycles. The normalized spacial score (nSPS) is 15.1. The number of aryl methyl sites for hydroxylation is 1. The number of carbonyl (C=O) groups is 1. The van der Waals surface area contributed by atoms with Gasteiger partial charge in [-0.05, 0) is 44.6 Å². The Labute approximate surface area is 202 Å². The predicted octanol–water partition coefficient (Wildman–Crippen LogP) is 4.52. The van der Waals surface area contributed by atoms with Crippen LogP contribution in [0.3, 0.4) is 0 Å². The van der Waals surface area contributed by atoms with E-state index in [-0.39, 0.29) is 38.6 Å². The van der Waals surface area contributed by atoms with E-state index in [9.17, 15) is 4.79 Å². The summed E-state index contributed by atoms with van der Waals surface area (Å²) >= 11 is 5.63. The fraction of sp³-hybridized carbons (Fsp3) is 0.318. The van der Waals surface area contributed by atoms with Gasteiger partial charge in [0.15, 0.2) is 5.11 Å². The van der Waals surface area contributed by atoms with Crippen LogP contribution >= 0.6 is 12.2 Å². The van der Waals surface area contributed by atoms with Crippen LogP contribution in [0.15, 0.2) is 42.5 Å². The van der Waals surface area contributed by atoms with Crippen molar-refractivity contribution in [2.75, 3.05) is 18.1 Å². The Morgan fingerprint density at radius 2 is 1.90 bits per heavy atom. The molecule has 1 aliphatic heterocycles. The van der Waals surface area contributed by atoms with E-state index in [0.717, 1.165) is 12.2 Å². The third-order valence-corrected chi connectivity index (χ3v) is 5.22. The van der Waals surface area contributed by atoms with E-state index in [1.165, 1.54) is 4.90 Å². The Morgan fingerprint density at radius 1 is 1.21 bits per heavy atom. The zero-order valence-corrected chi connectivity index (χ0v) is 20.5. The Balaban J connectivity index is 0.00000300.